The van der Waals surface area contributed by atoms with Crippen molar-refractivity contribution in [3.63, 3.8) is 0 Å². The molecule has 0 aliphatic rings. The van der Waals surface area contributed by atoms with Gasteiger partial charge in [0.25, 0.3) is 0 Å². The Labute approximate surface area is 84.9 Å². The van der Waals surface area contributed by atoms with Gasteiger partial charge in [-0.05, 0) is 0 Å². The van der Waals surface area contributed by atoms with Crippen LogP contribution in [0.1, 0.15) is 5.56 Å². The summed E-state index contributed by atoms with van der Waals surface area (Å²) < 4.78 is 1.31. The fourth-order valence-corrected chi connectivity index (χ4v) is 1.94. The van der Waals surface area contributed by atoms with E-state index in [1.54, 1.807) is 0 Å². The van der Waals surface area contributed by atoms with E-state index in [4.69, 9.17) is 0 Å². The van der Waals surface area contributed by atoms with Gasteiger partial charge in [0.1, 0.15) is 0 Å². The predicted molar refractivity (Wildman–Crippen MR) is 51.9 cm³/mol. The summed E-state index contributed by atoms with van der Waals surface area (Å²) in [6, 6.07) is 8.49. The van der Waals surface area contributed by atoms with Crippen LogP contribution in [0.2, 0.25) is 0 Å². The number of rotatable bonds is 0. The third kappa shape index (κ3) is 1.33. The second kappa shape index (κ2) is 3.05. The van der Waals surface area contributed by atoms with E-state index in [-0.39, 0.29) is 0 Å². The fourth-order valence-electron chi connectivity index (χ4n) is 1.31. The summed E-state index contributed by atoms with van der Waals surface area (Å²) in [6.45, 7) is 2.10. The molecule has 1 aromatic carbocycles. The topological polar surface area (TPSA) is 12.9 Å². The normalized spacial score (nSPS) is 10.5. The van der Waals surface area contributed by atoms with Crippen LogP contribution in [0.5, 0.6) is 0 Å². The molecule has 0 unspecified atom stereocenters. The Bertz CT molecular complexity index is 423. The second-order valence-electron chi connectivity index (χ2n) is 2.87. The predicted octanol–water partition coefficient (Wildman–Crippen LogP) is 1.34. The number of nitrogens with zero attached hydrogens (tertiary/aromatic N) is 1. The SMILES string of the molecule is Cc1cccc2c[c]([Sn])cnc12. The molecule has 0 aliphatic carbocycles. The molecule has 2 rings (SSSR count). The van der Waals surface area contributed by atoms with Crippen LogP contribution in [0.3, 0.4) is 0 Å². The van der Waals surface area contributed by atoms with Crippen LogP contribution in [0.25, 0.3) is 10.9 Å². The monoisotopic (exact) mass is 262 g/mol. The maximum atomic E-state index is 4.40. The van der Waals surface area contributed by atoms with Crippen molar-refractivity contribution in [2.75, 3.05) is 0 Å². The maximum absolute atomic E-state index is 4.40. The average Bonchev–Trinajstić information content (AvgIpc) is 2.04. The van der Waals surface area contributed by atoms with Gasteiger partial charge in [-0.2, -0.15) is 0 Å². The molecule has 0 bridgehead atoms. The Morgan fingerprint density at radius 3 is 3.00 bits per heavy atom. The first kappa shape index (κ1) is 8.05. The zero-order chi connectivity index (χ0) is 8.55. The molecule has 0 atom stereocenters. The van der Waals surface area contributed by atoms with Crippen molar-refractivity contribution in [2.24, 2.45) is 0 Å². The molecule has 2 aromatic rings. The fraction of sp³-hybridized carbons (Fsp3) is 0.100. The van der Waals surface area contributed by atoms with Crippen molar-refractivity contribution < 1.29 is 0 Å². The third-order valence-corrected chi connectivity index (χ3v) is 2.69. The molecule has 12 heavy (non-hydrogen) atoms. The number of aromatic nitrogens is 1. The van der Waals surface area contributed by atoms with E-state index in [0.717, 1.165) is 5.52 Å². The summed E-state index contributed by atoms with van der Waals surface area (Å²) in [4.78, 5) is 4.40. The van der Waals surface area contributed by atoms with E-state index < -0.39 is 0 Å². The Kier molecular flexibility index (Phi) is 2.05. The van der Waals surface area contributed by atoms with Crippen LogP contribution in [-0.4, -0.2) is 27.5 Å². The average molecular weight is 261 g/mol. The molecule has 1 aromatic heterocycles. The molecular formula is C10H8NSn. The summed E-state index contributed by atoms with van der Waals surface area (Å²) in [7, 11) is 0. The number of aryl methyl sites for hydroxylation is 1. The quantitative estimate of drug-likeness (QED) is 0.652. The van der Waals surface area contributed by atoms with Crippen molar-refractivity contribution >= 4 is 37.0 Å². The molecule has 0 fully saturated rings. The Hall–Kier alpha value is -0.571. The van der Waals surface area contributed by atoms with Crippen LogP contribution >= 0.6 is 0 Å². The number of hydrogen-bond donors (Lipinski definition) is 0. The van der Waals surface area contributed by atoms with Crippen molar-refractivity contribution in [1.82, 2.24) is 4.98 Å². The third-order valence-electron chi connectivity index (χ3n) is 1.91. The molecule has 3 radical (unpaired) electrons. The molecule has 57 valence electrons. The zero-order valence-corrected chi connectivity index (χ0v) is 9.69. The van der Waals surface area contributed by atoms with Crippen LogP contribution in [0.15, 0.2) is 30.5 Å². The molecule has 0 aliphatic heterocycles. The molecule has 1 nitrogen and oxygen atoms in total. The molecular weight excluding hydrogens is 253 g/mol. The van der Waals surface area contributed by atoms with Gasteiger partial charge >= 0.3 is 84.9 Å². The number of para-hydroxylation sites is 1. The van der Waals surface area contributed by atoms with Gasteiger partial charge in [0, 0.05) is 0 Å². The summed E-state index contributed by atoms with van der Waals surface area (Å²) in [5.41, 5.74) is 2.38. The first-order valence-electron chi connectivity index (χ1n) is 3.84. The van der Waals surface area contributed by atoms with Gasteiger partial charge in [0.15, 0.2) is 0 Å². The number of pyridine rings is 1. The van der Waals surface area contributed by atoms with Crippen molar-refractivity contribution in [3.05, 3.63) is 36.0 Å². The first-order valence-corrected chi connectivity index (χ1v) is 5.27. The molecule has 0 N–H and O–H groups in total. The van der Waals surface area contributed by atoms with Crippen molar-refractivity contribution in [3.8, 4) is 0 Å². The van der Waals surface area contributed by atoms with E-state index in [1.807, 2.05) is 6.20 Å². The van der Waals surface area contributed by atoms with Gasteiger partial charge in [-0.25, -0.2) is 0 Å². The van der Waals surface area contributed by atoms with Crippen LogP contribution in [-0.2, 0) is 0 Å². The van der Waals surface area contributed by atoms with Crippen LogP contribution in [0, 0.1) is 6.92 Å². The summed E-state index contributed by atoms with van der Waals surface area (Å²) in [5, 5.41) is 1.25. The minimum absolute atomic E-state index is 1.13. The Balaban J connectivity index is 2.86. The first-order chi connectivity index (χ1) is 5.77. The van der Waals surface area contributed by atoms with Gasteiger partial charge in [-0.3, -0.25) is 0 Å². The summed E-state index contributed by atoms with van der Waals surface area (Å²) in [6.07, 6.45) is 1.95. The zero-order valence-electron chi connectivity index (χ0n) is 6.83. The molecule has 1 heterocycles. The Morgan fingerprint density at radius 2 is 2.17 bits per heavy atom. The molecule has 0 saturated carbocycles. The Morgan fingerprint density at radius 1 is 1.33 bits per heavy atom. The van der Waals surface area contributed by atoms with Gasteiger partial charge < -0.3 is 0 Å². The van der Waals surface area contributed by atoms with E-state index in [0.29, 0.717) is 0 Å². The van der Waals surface area contributed by atoms with Crippen molar-refractivity contribution in [2.45, 2.75) is 6.92 Å². The minimum atomic E-state index is 1.13. The van der Waals surface area contributed by atoms with Crippen LogP contribution in [0.4, 0.5) is 0 Å². The number of benzene rings is 1. The molecule has 0 amide bonds. The van der Waals surface area contributed by atoms with Gasteiger partial charge in [0.05, 0.1) is 0 Å². The van der Waals surface area contributed by atoms with E-state index in [9.17, 15) is 0 Å². The van der Waals surface area contributed by atoms with Gasteiger partial charge in [0.2, 0.25) is 0 Å². The standard InChI is InChI=1S/C10H8N.Sn/c1-8-4-2-5-9-6-3-7-11-10(8)9;/h2,4-7H,1H3;. The van der Waals surface area contributed by atoms with Crippen LogP contribution < -0.4 is 3.58 Å². The second-order valence-corrected chi connectivity index (χ2v) is 4.52. The molecule has 2 heteroatoms. The number of hydrogen-bond acceptors (Lipinski definition) is 1. The van der Waals surface area contributed by atoms with E-state index in [1.165, 1.54) is 37.1 Å². The van der Waals surface area contributed by atoms with Gasteiger partial charge in [-0.1, -0.05) is 0 Å². The summed E-state index contributed by atoms with van der Waals surface area (Å²) >= 11 is 1.43. The summed E-state index contributed by atoms with van der Waals surface area (Å²) in [5.74, 6) is 0. The molecule has 0 saturated heterocycles. The van der Waals surface area contributed by atoms with Crippen molar-refractivity contribution in [1.29, 1.82) is 0 Å². The van der Waals surface area contributed by atoms with E-state index in [2.05, 4.69) is 36.2 Å². The number of fused-ring (bicyclic) bond motifs is 1. The van der Waals surface area contributed by atoms with Gasteiger partial charge in [-0.15, -0.1) is 0 Å². The molecule has 0 spiro atoms. The van der Waals surface area contributed by atoms with E-state index >= 15 is 0 Å².